The molecule has 0 atom stereocenters. The molecule has 1 heterocycles. The molecule has 0 spiro atoms. The van der Waals surface area contributed by atoms with Gasteiger partial charge in [0.1, 0.15) is 0 Å². The van der Waals surface area contributed by atoms with Gasteiger partial charge in [0, 0.05) is 16.0 Å². The quantitative estimate of drug-likeness (QED) is 0.763. The monoisotopic (exact) mass is 313 g/mol. The van der Waals surface area contributed by atoms with Gasteiger partial charge in [0.25, 0.3) is 0 Å². The third kappa shape index (κ3) is 1.84. The summed E-state index contributed by atoms with van der Waals surface area (Å²) >= 11 is 6.93. The van der Waals surface area contributed by atoms with Crippen LogP contribution in [0.25, 0.3) is 10.9 Å². The standard InChI is InChI=1S/C11H9Br2N/c12-6-8-5-9(7-13)14-11-4-2-1-3-10(8)11/h1-5H,6-7H2. The Balaban J connectivity index is 2.73. The van der Waals surface area contributed by atoms with E-state index in [-0.39, 0.29) is 0 Å². The molecular weight excluding hydrogens is 306 g/mol. The van der Waals surface area contributed by atoms with E-state index in [2.05, 4.69) is 49.0 Å². The highest BCUT2D eigenvalue weighted by molar-refractivity contribution is 9.08. The van der Waals surface area contributed by atoms with Crippen LogP contribution in [0.3, 0.4) is 0 Å². The largest absolute Gasteiger partial charge is 0.252 e. The van der Waals surface area contributed by atoms with Crippen LogP contribution < -0.4 is 0 Å². The molecule has 0 bridgehead atoms. The van der Waals surface area contributed by atoms with Crippen molar-refractivity contribution in [2.75, 3.05) is 0 Å². The molecule has 1 nitrogen and oxygen atoms in total. The van der Waals surface area contributed by atoms with Crippen molar-refractivity contribution in [1.82, 2.24) is 4.98 Å². The first-order chi connectivity index (χ1) is 6.85. The SMILES string of the molecule is BrCc1cc(CBr)c2ccccc2n1. The van der Waals surface area contributed by atoms with Gasteiger partial charge in [-0.1, -0.05) is 50.1 Å². The zero-order chi connectivity index (χ0) is 9.97. The first-order valence-corrected chi connectivity index (χ1v) is 6.59. The molecule has 1 aromatic heterocycles. The summed E-state index contributed by atoms with van der Waals surface area (Å²) in [6.07, 6.45) is 0. The van der Waals surface area contributed by atoms with Crippen molar-refractivity contribution in [3.8, 4) is 0 Å². The first kappa shape index (κ1) is 10.1. The number of aromatic nitrogens is 1. The number of fused-ring (bicyclic) bond motifs is 1. The Labute approximate surface area is 99.8 Å². The van der Waals surface area contributed by atoms with Gasteiger partial charge < -0.3 is 0 Å². The number of pyridine rings is 1. The van der Waals surface area contributed by atoms with Crippen molar-refractivity contribution in [2.24, 2.45) is 0 Å². The third-order valence-corrected chi connectivity index (χ3v) is 3.31. The average molecular weight is 315 g/mol. The van der Waals surface area contributed by atoms with Crippen LogP contribution in [0.5, 0.6) is 0 Å². The molecular formula is C11H9Br2N. The van der Waals surface area contributed by atoms with Crippen LogP contribution in [0.1, 0.15) is 11.3 Å². The lowest BCUT2D eigenvalue weighted by molar-refractivity contribution is 1.21. The molecule has 3 heteroatoms. The van der Waals surface area contributed by atoms with Gasteiger partial charge >= 0.3 is 0 Å². The highest BCUT2D eigenvalue weighted by atomic mass is 79.9. The Bertz CT molecular complexity index is 454. The Morgan fingerprint density at radius 1 is 1.07 bits per heavy atom. The molecule has 0 radical (unpaired) electrons. The van der Waals surface area contributed by atoms with Crippen molar-refractivity contribution < 1.29 is 0 Å². The molecule has 0 aliphatic heterocycles. The summed E-state index contributed by atoms with van der Waals surface area (Å²) in [4.78, 5) is 4.53. The van der Waals surface area contributed by atoms with Gasteiger partial charge in [-0.15, -0.1) is 0 Å². The van der Waals surface area contributed by atoms with Gasteiger partial charge in [-0.25, -0.2) is 0 Å². The van der Waals surface area contributed by atoms with Gasteiger partial charge in [0.2, 0.25) is 0 Å². The number of rotatable bonds is 2. The number of nitrogens with zero attached hydrogens (tertiary/aromatic N) is 1. The van der Waals surface area contributed by atoms with Crippen molar-refractivity contribution in [3.63, 3.8) is 0 Å². The predicted octanol–water partition coefficient (Wildman–Crippen LogP) is 4.02. The van der Waals surface area contributed by atoms with Gasteiger partial charge in [0.05, 0.1) is 11.2 Å². The Kier molecular flexibility index (Phi) is 3.19. The lowest BCUT2D eigenvalue weighted by atomic mass is 10.1. The maximum atomic E-state index is 4.53. The van der Waals surface area contributed by atoms with E-state index in [0.717, 1.165) is 21.9 Å². The molecule has 2 rings (SSSR count). The summed E-state index contributed by atoms with van der Waals surface area (Å²) in [6.45, 7) is 0. The normalized spacial score (nSPS) is 10.7. The fraction of sp³-hybridized carbons (Fsp3) is 0.182. The summed E-state index contributed by atoms with van der Waals surface area (Å²) < 4.78 is 0. The topological polar surface area (TPSA) is 12.9 Å². The summed E-state index contributed by atoms with van der Waals surface area (Å²) in [6, 6.07) is 10.4. The molecule has 0 fully saturated rings. The van der Waals surface area contributed by atoms with Gasteiger partial charge in [-0.05, 0) is 17.7 Å². The van der Waals surface area contributed by atoms with E-state index in [1.54, 1.807) is 0 Å². The van der Waals surface area contributed by atoms with Gasteiger partial charge in [-0.3, -0.25) is 4.98 Å². The molecule has 14 heavy (non-hydrogen) atoms. The second-order valence-electron chi connectivity index (χ2n) is 3.06. The summed E-state index contributed by atoms with van der Waals surface area (Å²) in [7, 11) is 0. The molecule has 0 aliphatic carbocycles. The van der Waals surface area contributed by atoms with Crippen LogP contribution in [0.4, 0.5) is 0 Å². The second kappa shape index (κ2) is 4.41. The highest BCUT2D eigenvalue weighted by Crippen LogP contribution is 2.21. The molecule has 1 aromatic carbocycles. The third-order valence-electron chi connectivity index (χ3n) is 2.14. The van der Waals surface area contributed by atoms with Crippen molar-refractivity contribution in [1.29, 1.82) is 0 Å². The smallest absolute Gasteiger partial charge is 0.0708 e. The Morgan fingerprint density at radius 2 is 1.86 bits per heavy atom. The number of para-hydroxylation sites is 1. The minimum atomic E-state index is 0.803. The predicted molar refractivity (Wildman–Crippen MR) is 67.0 cm³/mol. The Morgan fingerprint density at radius 3 is 2.57 bits per heavy atom. The fourth-order valence-electron chi connectivity index (χ4n) is 1.49. The average Bonchev–Trinajstić information content (AvgIpc) is 2.27. The van der Waals surface area contributed by atoms with E-state index >= 15 is 0 Å². The molecule has 72 valence electrons. The number of halogens is 2. The summed E-state index contributed by atoms with van der Waals surface area (Å²) in [5.41, 5.74) is 3.45. The number of hydrogen-bond donors (Lipinski definition) is 0. The highest BCUT2D eigenvalue weighted by Gasteiger charge is 2.02. The van der Waals surface area contributed by atoms with Crippen LogP contribution >= 0.6 is 31.9 Å². The minimum Gasteiger partial charge on any atom is -0.252 e. The molecule has 2 aromatic rings. The van der Waals surface area contributed by atoms with E-state index in [0.29, 0.717) is 0 Å². The molecule has 0 N–H and O–H groups in total. The fourth-order valence-corrected chi connectivity index (χ4v) is 2.24. The van der Waals surface area contributed by atoms with E-state index in [9.17, 15) is 0 Å². The molecule has 0 aliphatic rings. The zero-order valence-corrected chi connectivity index (χ0v) is 10.7. The molecule has 0 saturated carbocycles. The number of alkyl halides is 2. The Hall–Kier alpha value is -0.410. The van der Waals surface area contributed by atoms with E-state index in [4.69, 9.17) is 0 Å². The molecule has 0 amide bonds. The zero-order valence-electron chi connectivity index (χ0n) is 7.50. The number of benzene rings is 1. The van der Waals surface area contributed by atoms with Crippen molar-refractivity contribution >= 4 is 42.8 Å². The lowest BCUT2D eigenvalue weighted by Gasteiger charge is -2.05. The van der Waals surface area contributed by atoms with E-state index < -0.39 is 0 Å². The molecule has 0 saturated heterocycles. The van der Waals surface area contributed by atoms with Crippen LogP contribution in [-0.2, 0) is 10.7 Å². The summed E-state index contributed by atoms with van der Waals surface area (Å²) in [5, 5.41) is 2.91. The van der Waals surface area contributed by atoms with E-state index in [1.807, 2.05) is 18.2 Å². The van der Waals surface area contributed by atoms with Crippen molar-refractivity contribution in [3.05, 3.63) is 41.6 Å². The maximum absolute atomic E-state index is 4.53. The second-order valence-corrected chi connectivity index (χ2v) is 4.18. The van der Waals surface area contributed by atoms with Gasteiger partial charge in [-0.2, -0.15) is 0 Å². The maximum Gasteiger partial charge on any atom is 0.0708 e. The minimum absolute atomic E-state index is 0.803. The number of hydrogen-bond acceptors (Lipinski definition) is 1. The van der Waals surface area contributed by atoms with Crippen LogP contribution in [0.15, 0.2) is 30.3 Å². The van der Waals surface area contributed by atoms with Crippen LogP contribution in [-0.4, -0.2) is 4.98 Å². The first-order valence-electron chi connectivity index (χ1n) is 4.34. The lowest BCUT2D eigenvalue weighted by Crippen LogP contribution is -1.91. The van der Waals surface area contributed by atoms with Crippen molar-refractivity contribution in [2.45, 2.75) is 10.7 Å². The molecule has 0 unspecified atom stereocenters. The van der Waals surface area contributed by atoms with Crippen LogP contribution in [0, 0.1) is 0 Å². The van der Waals surface area contributed by atoms with Gasteiger partial charge in [0.15, 0.2) is 0 Å². The van der Waals surface area contributed by atoms with E-state index in [1.165, 1.54) is 10.9 Å². The van der Waals surface area contributed by atoms with Crippen LogP contribution in [0.2, 0.25) is 0 Å². The summed E-state index contributed by atoms with van der Waals surface area (Å²) in [5.74, 6) is 0.